The lowest BCUT2D eigenvalue weighted by atomic mass is 9.73. The van der Waals surface area contributed by atoms with Crippen molar-refractivity contribution in [2.45, 2.75) is 64.7 Å². The maximum Gasteiger partial charge on any atom is -0.0166 e. The van der Waals surface area contributed by atoms with Crippen LogP contribution in [0, 0.1) is 23.7 Å². The molecule has 100 valence electrons. The summed E-state index contributed by atoms with van der Waals surface area (Å²) >= 11 is 0. The van der Waals surface area contributed by atoms with Crippen molar-refractivity contribution in [3.05, 3.63) is 23.8 Å². The van der Waals surface area contributed by atoms with E-state index in [1.165, 1.54) is 57.8 Å². The van der Waals surface area contributed by atoms with Crippen molar-refractivity contribution in [3.8, 4) is 0 Å². The molecule has 0 nitrogen and oxygen atoms in total. The molecule has 0 aliphatic heterocycles. The molecule has 0 N–H and O–H groups in total. The molecule has 0 heteroatoms. The van der Waals surface area contributed by atoms with Crippen molar-refractivity contribution in [2.24, 2.45) is 23.7 Å². The van der Waals surface area contributed by atoms with Gasteiger partial charge in [-0.25, -0.2) is 0 Å². The monoisotopic (exact) mass is 244 g/mol. The first-order valence-electron chi connectivity index (χ1n) is 8.12. The molecule has 3 aliphatic carbocycles. The molecule has 0 heterocycles. The van der Waals surface area contributed by atoms with Crippen LogP contribution in [0.3, 0.4) is 0 Å². The zero-order valence-electron chi connectivity index (χ0n) is 12.0. The molecule has 0 aromatic heterocycles. The second kappa shape index (κ2) is 5.23. The van der Waals surface area contributed by atoms with E-state index in [-0.39, 0.29) is 0 Å². The minimum absolute atomic E-state index is 0.967. The molecule has 3 rings (SSSR count). The number of fused-ring (bicyclic) bond motifs is 4. The Bertz CT molecular complexity index is 349. The van der Waals surface area contributed by atoms with Crippen molar-refractivity contribution in [3.63, 3.8) is 0 Å². The highest BCUT2D eigenvalue weighted by molar-refractivity contribution is 5.32. The molecule has 0 saturated heterocycles. The second-order valence-corrected chi connectivity index (χ2v) is 7.01. The fraction of sp³-hybridized carbons (Fsp3) is 0.778. The Labute approximate surface area is 113 Å². The predicted molar refractivity (Wildman–Crippen MR) is 78.4 cm³/mol. The SMILES string of the molecule is C=CCCCCC1CC2CC1C1=C2CC(C)CC1. The van der Waals surface area contributed by atoms with Crippen LogP contribution in [0.15, 0.2) is 23.8 Å². The Kier molecular flexibility index (Phi) is 3.63. The van der Waals surface area contributed by atoms with Crippen molar-refractivity contribution < 1.29 is 0 Å². The average molecular weight is 244 g/mol. The molecule has 0 aromatic rings. The van der Waals surface area contributed by atoms with E-state index in [4.69, 9.17) is 0 Å². The van der Waals surface area contributed by atoms with E-state index in [9.17, 15) is 0 Å². The van der Waals surface area contributed by atoms with Gasteiger partial charge in [0.05, 0.1) is 0 Å². The minimum Gasteiger partial charge on any atom is -0.103 e. The van der Waals surface area contributed by atoms with E-state index in [1.54, 1.807) is 0 Å². The van der Waals surface area contributed by atoms with Gasteiger partial charge < -0.3 is 0 Å². The number of rotatable bonds is 5. The first kappa shape index (κ1) is 12.5. The lowest BCUT2D eigenvalue weighted by molar-refractivity contribution is 0.346. The van der Waals surface area contributed by atoms with E-state index in [0.29, 0.717) is 0 Å². The molecular weight excluding hydrogens is 216 g/mol. The summed E-state index contributed by atoms with van der Waals surface area (Å²) in [6.45, 7) is 6.27. The molecule has 3 aliphatic rings. The van der Waals surface area contributed by atoms with Crippen LogP contribution < -0.4 is 0 Å². The zero-order chi connectivity index (χ0) is 12.5. The van der Waals surface area contributed by atoms with Crippen LogP contribution in [-0.4, -0.2) is 0 Å². The zero-order valence-corrected chi connectivity index (χ0v) is 12.0. The Morgan fingerprint density at radius 3 is 2.94 bits per heavy atom. The predicted octanol–water partition coefficient (Wildman–Crippen LogP) is 5.51. The van der Waals surface area contributed by atoms with Gasteiger partial charge in [-0.05, 0) is 75.0 Å². The van der Waals surface area contributed by atoms with Gasteiger partial charge in [-0.1, -0.05) is 30.6 Å². The summed E-state index contributed by atoms with van der Waals surface area (Å²) < 4.78 is 0. The Balaban J connectivity index is 1.58. The van der Waals surface area contributed by atoms with Gasteiger partial charge in [0, 0.05) is 0 Å². The Morgan fingerprint density at radius 1 is 1.22 bits per heavy atom. The summed E-state index contributed by atoms with van der Waals surface area (Å²) in [6.07, 6.45) is 15.0. The van der Waals surface area contributed by atoms with Gasteiger partial charge >= 0.3 is 0 Å². The highest BCUT2D eigenvalue weighted by Gasteiger charge is 2.45. The largest absolute Gasteiger partial charge is 0.103 e. The highest BCUT2D eigenvalue weighted by Crippen LogP contribution is 2.57. The van der Waals surface area contributed by atoms with E-state index in [2.05, 4.69) is 19.6 Å². The molecular formula is C18H28. The van der Waals surface area contributed by atoms with E-state index >= 15 is 0 Å². The fourth-order valence-corrected chi connectivity index (χ4v) is 4.87. The van der Waals surface area contributed by atoms with Crippen LogP contribution >= 0.6 is 0 Å². The molecule has 0 radical (unpaired) electrons. The van der Waals surface area contributed by atoms with Crippen LogP contribution in [0.5, 0.6) is 0 Å². The number of hydrogen-bond acceptors (Lipinski definition) is 0. The van der Waals surface area contributed by atoms with Gasteiger partial charge in [-0.3, -0.25) is 0 Å². The number of unbranched alkanes of at least 4 members (excludes halogenated alkanes) is 2. The van der Waals surface area contributed by atoms with Gasteiger partial charge in [0.25, 0.3) is 0 Å². The Hall–Kier alpha value is -0.520. The second-order valence-electron chi connectivity index (χ2n) is 7.01. The van der Waals surface area contributed by atoms with Crippen LogP contribution in [0.2, 0.25) is 0 Å². The van der Waals surface area contributed by atoms with Crippen molar-refractivity contribution in [1.29, 1.82) is 0 Å². The summed E-state index contributed by atoms with van der Waals surface area (Å²) in [4.78, 5) is 0. The van der Waals surface area contributed by atoms with Crippen molar-refractivity contribution >= 4 is 0 Å². The van der Waals surface area contributed by atoms with Crippen LogP contribution in [0.25, 0.3) is 0 Å². The third-order valence-electron chi connectivity index (χ3n) is 5.76. The topological polar surface area (TPSA) is 0 Å². The van der Waals surface area contributed by atoms with Crippen LogP contribution in [0.1, 0.15) is 64.7 Å². The molecule has 0 amide bonds. The maximum absolute atomic E-state index is 3.82. The molecule has 1 saturated carbocycles. The fourth-order valence-electron chi connectivity index (χ4n) is 4.87. The summed E-state index contributed by atoms with van der Waals surface area (Å²) in [5, 5.41) is 0. The quantitative estimate of drug-likeness (QED) is 0.442. The molecule has 2 bridgehead atoms. The number of hydrogen-bond donors (Lipinski definition) is 0. The van der Waals surface area contributed by atoms with Gasteiger partial charge in [0.2, 0.25) is 0 Å². The third kappa shape index (κ3) is 2.19. The summed E-state index contributed by atoms with van der Waals surface area (Å²) in [5.74, 6) is 4.04. The van der Waals surface area contributed by atoms with Crippen molar-refractivity contribution in [2.75, 3.05) is 0 Å². The molecule has 18 heavy (non-hydrogen) atoms. The Morgan fingerprint density at radius 2 is 2.11 bits per heavy atom. The van der Waals surface area contributed by atoms with E-state index in [1.807, 2.05) is 11.1 Å². The third-order valence-corrected chi connectivity index (χ3v) is 5.76. The van der Waals surface area contributed by atoms with Crippen LogP contribution in [0.4, 0.5) is 0 Å². The lowest BCUT2D eigenvalue weighted by Crippen LogP contribution is -2.19. The van der Waals surface area contributed by atoms with Crippen molar-refractivity contribution in [1.82, 2.24) is 0 Å². The van der Waals surface area contributed by atoms with Gasteiger partial charge in [-0.15, -0.1) is 6.58 Å². The summed E-state index contributed by atoms with van der Waals surface area (Å²) in [5.41, 5.74) is 3.87. The molecule has 1 fully saturated rings. The van der Waals surface area contributed by atoms with Gasteiger partial charge in [0.15, 0.2) is 0 Å². The normalized spacial score (nSPS) is 38.1. The molecule has 4 atom stereocenters. The first-order chi connectivity index (χ1) is 8.79. The molecule has 0 spiro atoms. The summed E-state index contributed by atoms with van der Waals surface area (Å²) in [7, 11) is 0. The standard InChI is InChI=1S/C18H28/c1-3-4-5-6-7-14-11-15-12-18(14)16-9-8-13(2)10-17(15)16/h3,13-15,18H,1,4-12H2,2H3. The van der Waals surface area contributed by atoms with Gasteiger partial charge in [0.1, 0.15) is 0 Å². The van der Waals surface area contributed by atoms with E-state index in [0.717, 1.165) is 23.7 Å². The first-order valence-corrected chi connectivity index (χ1v) is 8.12. The maximum atomic E-state index is 3.82. The lowest BCUT2D eigenvalue weighted by Gasteiger charge is -2.32. The van der Waals surface area contributed by atoms with Gasteiger partial charge in [-0.2, -0.15) is 0 Å². The minimum atomic E-state index is 0.967. The summed E-state index contributed by atoms with van der Waals surface area (Å²) in [6, 6.07) is 0. The average Bonchev–Trinajstić information content (AvgIpc) is 2.92. The number of allylic oxidation sites excluding steroid dienone is 3. The molecule has 4 unspecified atom stereocenters. The smallest absolute Gasteiger partial charge is 0.0166 e. The highest BCUT2D eigenvalue weighted by atomic mass is 14.5. The van der Waals surface area contributed by atoms with Crippen LogP contribution in [-0.2, 0) is 0 Å². The van der Waals surface area contributed by atoms with E-state index < -0.39 is 0 Å². The molecule has 0 aromatic carbocycles.